The van der Waals surface area contributed by atoms with Crippen LogP contribution in [0, 0.1) is 0 Å². The Morgan fingerprint density at radius 1 is 1.59 bits per heavy atom. The summed E-state index contributed by atoms with van der Waals surface area (Å²) in [6.45, 7) is -0.423. The van der Waals surface area contributed by atoms with Gasteiger partial charge in [0.05, 0.1) is 6.61 Å². The molecule has 0 bridgehead atoms. The number of aliphatic hydroxyl groups excluding tert-OH is 2. The normalized spacial score (nSPS) is 32.9. The first-order chi connectivity index (χ1) is 8.01. The van der Waals surface area contributed by atoms with Gasteiger partial charge in [-0.3, -0.25) is 14.5 Å². The molecule has 0 aromatic rings. The first-order valence-electron chi connectivity index (χ1n) is 4.80. The predicted octanol–water partition coefficient (Wildman–Crippen LogP) is -1.87. The lowest BCUT2D eigenvalue weighted by molar-refractivity contribution is -0.127. The topological polar surface area (TPSA) is 113 Å². The maximum absolute atomic E-state index is 10.8. The first-order valence-corrected chi connectivity index (χ1v) is 5.23. The van der Waals surface area contributed by atoms with E-state index < -0.39 is 36.3 Å². The van der Waals surface area contributed by atoms with Crippen LogP contribution in [-0.2, 0) is 14.3 Å². The van der Waals surface area contributed by atoms with Gasteiger partial charge in [-0.15, -0.1) is 11.6 Å². The van der Waals surface area contributed by atoms with Gasteiger partial charge in [0.1, 0.15) is 17.6 Å². The Morgan fingerprint density at radius 2 is 2.24 bits per heavy atom. The summed E-state index contributed by atoms with van der Waals surface area (Å²) in [7, 11) is 0. The van der Waals surface area contributed by atoms with Crippen LogP contribution in [0.3, 0.4) is 0 Å². The van der Waals surface area contributed by atoms with Crippen LogP contribution in [-0.4, -0.2) is 57.9 Å². The molecule has 0 saturated carbocycles. The van der Waals surface area contributed by atoms with Gasteiger partial charge in [-0.25, -0.2) is 0 Å². The molecule has 0 aliphatic carbocycles. The summed E-state index contributed by atoms with van der Waals surface area (Å²) >= 11 is 5.85. The van der Waals surface area contributed by atoms with Crippen molar-refractivity contribution in [3.05, 3.63) is 12.3 Å². The first kappa shape index (κ1) is 13.9. The average Bonchev–Trinajstić information content (AvgIpc) is 2.57. The van der Waals surface area contributed by atoms with E-state index in [1.54, 1.807) is 0 Å². The van der Waals surface area contributed by atoms with Crippen molar-refractivity contribution in [1.29, 1.82) is 0 Å². The summed E-state index contributed by atoms with van der Waals surface area (Å²) in [5.41, 5.74) is 4.88. The number of rotatable bonds is 5. The molecule has 0 aromatic heterocycles. The average molecular weight is 265 g/mol. The van der Waals surface area contributed by atoms with Crippen molar-refractivity contribution in [2.75, 3.05) is 6.61 Å². The highest BCUT2D eigenvalue weighted by atomic mass is 35.5. The number of amides is 2. The number of halogens is 1. The smallest absolute Gasteiger partial charge is 0.242 e. The van der Waals surface area contributed by atoms with Gasteiger partial charge in [-0.1, -0.05) is 0 Å². The van der Waals surface area contributed by atoms with Crippen LogP contribution in [0.1, 0.15) is 0 Å². The Hall–Kier alpha value is -1.15. The predicted molar refractivity (Wildman–Crippen MR) is 57.6 cm³/mol. The van der Waals surface area contributed by atoms with E-state index in [0.29, 0.717) is 6.41 Å². The molecule has 96 valence electrons. The number of hydrogen-bond donors (Lipinski definition) is 3. The minimum absolute atomic E-state index is 0.381. The summed E-state index contributed by atoms with van der Waals surface area (Å²) in [4.78, 5) is 22.3. The molecule has 1 fully saturated rings. The van der Waals surface area contributed by atoms with Crippen molar-refractivity contribution >= 4 is 23.9 Å². The monoisotopic (exact) mass is 264 g/mol. The van der Waals surface area contributed by atoms with Crippen LogP contribution in [0.5, 0.6) is 0 Å². The molecule has 8 heteroatoms. The fourth-order valence-corrected chi connectivity index (χ4v) is 1.79. The van der Waals surface area contributed by atoms with Gasteiger partial charge in [0.25, 0.3) is 0 Å². The van der Waals surface area contributed by atoms with Crippen molar-refractivity contribution < 1.29 is 24.5 Å². The third kappa shape index (κ3) is 3.16. The van der Waals surface area contributed by atoms with E-state index in [2.05, 4.69) is 0 Å². The molecule has 1 heterocycles. The molecule has 0 spiro atoms. The highest BCUT2D eigenvalue weighted by molar-refractivity contribution is 6.21. The Labute approximate surface area is 102 Å². The zero-order chi connectivity index (χ0) is 13.0. The Morgan fingerprint density at radius 3 is 2.65 bits per heavy atom. The largest absolute Gasteiger partial charge is 0.394 e. The van der Waals surface area contributed by atoms with Crippen LogP contribution in [0.2, 0.25) is 0 Å². The van der Waals surface area contributed by atoms with Gasteiger partial charge in [0.15, 0.2) is 6.23 Å². The van der Waals surface area contributed by atoms with Crippen molar-refractivity contribution in [2.24, 2.45) is 5.73 Å². The number of carbonyl (C=O) groups is 2. The number of nitrogens with two attached hydrogens (primary N) is 1. The molecule has 0 unspecified atom stereocenters. The molecule has 0 radical (unpaired) electrons. The quantitative estimate of drug-likeness (QED) is 0.306. The lowest BCUT2D eigenvalue weighted by atomic mass is 10.2. The molecule has 0 aromatic carbocycles. The van der Waals surface area contributed by atoms with Crippen LogP contribution in [0.15, 0.2) is 12.3 Å². The van der Waals surface area contributed by atoms with E-state index in [4.69, 9.17) is 27.2 Å². The standard InChI is InChI=1S/C9H13ClN2O5/c10-7-8(16)5(3-13)17-9(7)12(4-14)2-1-6(11)15/h1-2,4-5,7-9,13,16H,3H2,(H2,11,15)/b2-1-/t5-,7+,8-,9-/m1/s1. The van der Waals surface area contributed by atoms with Crippen LogP contribution < -0.4 is 5.73 Å². The van der Waals surface area contributed by atoms with E-state index in [9.17, 15) is 14.7 Å². The number of alkyl halides is 1. The lowest BCUT2D eigenvalue weighted by Crippen LogP contribution is -2.37. The van der Waals surface area contributed by atoms with Crippen molar-refractivity contribution in [2.45, 2.75) is 23.8 Å². The molecular formula is C9H13ClN2O5. The maximum atomic E-state index is 10.8. The molecule has 17 heavy (non-hydrogen) atoms. The number of hydrogen-bond acceptors (Lipinski definition) is 5. The molecule has 1 aliphatic rings. The molecule has 1 rings (SSSR count). The Balaban J connectivity index is 2.77. The van der Waals surface area contributed by atoms with E-state index >= 15 is 0 Å². The van der Waals surface area contributed by atoms with Gasteiger partial charge >= 0.3 is 0 Å². The molecule has 4 N–H and O–H groups in total. The third-order valence-corrected chi connectivity index (χ3v) is 2.77. The number of primary amides is 1. The van der Waals surface area contributed by atoms with Crippen LogP contribution in [0.25, 0.3) is 0 Å². The van der Waals surface area contributed by atoms with Crippen molar-refractivity contribution in [3.8, 4) is 0 Å². The highest BCUT2D eigenvalue weighted by Crippen LogP contribution is 2.27. The second-order valence-electron chi connectivity index (χ2n) is 3.45. The maximum Gasteiger partial charge on any atom is 0.242 e. The van der Waals surface area contributed by atoms with E-state index in [1.807, 2.05) is 0 Å². The minimum Gasteiger partial charge on any atom is -0.394 e. The highest BCUT2D eigenvalue weighted by Gasteiger charge is 2.44. The van der Waals surface area contributed by atoms with E-state index in [0.717, 1.165) is 17.2 Å². The van der Waals surface area contributed by atoms with Gasteiger partial charge in [0.2, 0.25) is 12.3 Å². The molecule has 1 saturated heterocycles. The summed E-state index contributed by atoms with van der Waals surface area (Å²) < 4.78 is 5.18. The number of aliphatic hydroxyl groups is 2. The van der Waals surface area contributed by atoms with Gasteiger partial charge < -0.3 is 20.7 Å². The van der Waals surface area contributed by atoms with Crippen LogP contribution in [0.4, 0.5) is 0 Å². The van der Waals surface area contributed by atoms with Crippen molar-refractivity contribution in [1.82, 2.24) is 4.90 Å². The zero-order valence-electron chi connectivity index (χ0n) is 8.77. The van der Waals surface area contributed by atoms with Gasteiger partial charge in [-0.05, 0) is 0 Å². The summed E-state index contributed by atoms with van der Waals surface area (Å²) in [6.07, 6.45) is -0.492. The molecule has 7 nitrogen and oxygen atoms in total. The summed E-state index contributed by atoms with van der Waals surface area (Å²) in [5, 5.41) is 17.6. The fraction of sp³-hybridized carbons (Fsp3) is 0.556. The SMILES string of the molecule is NC(=O)/C=C\N(C=O)[C@@H]1O[C@H](CO)[C@@H](O)[C@@H]1Cl. The second kappa shape index (κ2) is 5.97. The van der Waals surface area contributed by atoms with E-state index in [1.165, 1.54) is 0 Å². The molecule has 4 atom stereocenters. The number of ether oxygens (including phenoxy) is 1. The lowest BCUT2D eigenvalue weighted by Gasteiger charge is -2.22. The minimum atomic E-state index is -1.10. The molecule has 2 amide bonds. The van der Waals surface area contributed by atoms with Gasteiger partial charge in [-0.2, -0.15) is 0 Å². The Kier molecular flexibility index (Phi) is 4.88. The third-order valence-electron chi connectivity index (χ3n) is 2.30. The molecular weight excluding hydrogens is 252 g/mol. The summed E-state index contributed by atoms with van der Waals surface area (Å²) in [6, 6.07) is 0. The fourth-order valence-electron chi connectivity index (χ4n) is 1.43. The Bertz CT molecular complexity index is 325. The molecule has 1 aliphatic heterocycles. The number of nitrogens with zero attached hydrogens (tertiary/aromatic N) is 1. The summed E-state index contributed by atoms with van der Waals surface area (Å²) in [5.74, 6) is -0.736. The second-order valence-corrected chi connectivity index (χ2v) is 3.96. The van der Waals surface area contributed by atoms with Gasteiger partial charge in [0, 0.05) is 12.3 Å². The van der Waals surface area contributed by atoms with Crippen LogP contribution >= 0.6 is 11.6 Å². The zero-order valence-corrected chi connectivity index (χ0v) is 9.53. The number of carbonyl (C=O) groups excluding carboxylic acids is 2. The van der Waals surface area contributed by atoms with E-state index in [-0.39, 0.29) is 0 Å². The van der Waals surface area contributed by atoms with Crippen molar-refractivity contribution in [3.63, 3.8) is 0 Å².